The van der Waals surface area contributed by atoms with Crippen molar-refractivity contribution >= 4 is 56.3 Å². The number of nitrogens with one attached hydrogen (secondary N) is 2. The molecule has 2 unspecified atom stereocenters. The van der Waals surface area contributed by atoms with Gasteiger partial charge >= 0.3 is 0 Å². The second-order valence-corrected chi connectivity index (χ2v) is 11.7. The van der Waals surface area contributed by atoms with Crippen LogP contribution >= 0.6 is 23.2 Å². The molecule has 2 aromatic heterocycles. The van der Waals surface area contributed by atoms with Crippen molar-refractivity contribution in [3.05, 3.63) is 50.9 Å². The van der Waals surface area contributed by atoms with Crippen molar-refractivity contribution in [2.24, 2.45) is 7.05 Å². The highest BCUT2D eigenvalue weighted by atomic mass is 35.5. The summed E-state index contributed by atoms with van der Waals surface area (Å²) < 4.78 is 36.5. The van der Waals surface area contributed by atoms with E-state index >= 15 is 0 Å². The summed E-state index contributed by atoms with van der Waals surface area (Å²) >= 11 is 13.1. The molecule has 14 heteroatoms. The Bertz CT molecular complexity index is 1580. The second kappa shape index (κ2) is 10.9. The minimum absolute atomic E-state index is 0.113. The number of benzene rings is 1. The molecule has 1 aliphatic heterocycles. The highest BCUT2D eigenvalue weighted by Gasteiger charge is 2.38. The van der Waals surface area contributed by atoms with Crippen LogP contribution < -0.4 is 25.7 Å². The zero-order valence-corrected chi connectivity index (χ0v) is 23.1. The Kier molecular flexibility index (Phi) is 7.98. The zero-order valence-electron chi connectivity index (χ0n) is 20.7. The molecular weight excluding hydrogens is 557 g/mol. The number of aldehydes is 1. The zero-order chi connectivity index (χ0) is 27.8. The number of hydrogen-bond donors (Lipinski definition) is 2. The van der Waals surface area contributed by atoms with Gasteiger partial charge in [0.05, 0.1) is 47.4 Å². The van der Waals surface area contributed by atoms with Gasteiger partial charge in [-0.05, 0) is 11.6 Å². The van der Waals surface area contributed by atoms with Crippen molar-refractivity contribution < 1.29 is 22.7 Å². The largest absolute Gasteiger partial charge is 0.495 e. The SMILES string of the molecule is C=C(C=O)CNC1CS(=O)(=O)CC1Nc1ncc2cc(-c3c(Cl)c(OC)cc(OC)c3Cl)c(=O)n(C)c2n1. The summed E-state index contributed by atoms with van der Waals surface area (Å²) in [5.41, 5.74) is 0.610. The average molecular weight is 582 g/mol. The third-order valence-corrected chi connectivity index (χ3v) is 8.70. The van der Waals surface area contributed by atoms with E-state index in [0.29, 0.717) is 22.9 Å². The molecule has 0 radical (unpaired) electrons. The fourth-order valence-corrected chi connectivity index (χ4v) is 6.88. The molecule has 0 spiro atoms. The van der Waals surface area contributed by atoms with Crippen molar-refractivity contribution in [1.82, 2.24) is 19.9 Å². The van der Waals surface area contributed by atoms with Crippen LogP contribution in [0.25, 0.3) is 22.2 Å². The molecule has 0 aliphatic carbocycles. The maximum absolute atomic E-state index is 13.4. The van der Waals surface area contributed by atoms with Gasteiger partial charge in [-0.2, -0.15) is 4.98 Å². The maximum atomic E-state index is 13.4. The molecule has 38 heavy (non-hydrogen) atoms. The molecule has 0 bridgehead atoms. The first kappa shape index (κ1) is 27.8. The van der Waals surface area contributed by atoms with Crippen molar-refractivity contribution in [2.45, 2.75) is 12.1 Å². The number of halogens is 2. The first-order valence-corrected chi connectivity index (χ1v) is 13.9. The number of aromatic nitrogens is 3. The van der Waals surface area contributed by atoms with Gasteiger partial charge in [0.2, 0.25) is 5.95 Å². The number of methoxy groups -OCH3 is 2. The van der Waals surface area contributed by atoms with Crippen LogP contribution in [0.15, 0.2) is 35.3 Å². The smallest absolute Gasteiger partial charge is 0.259 e. The normalized spacial score (nSPS) is 18.3. The lowest BCUT2D eigenvalue weighted by atomic mass is 10.0. The predicted molar refractivity (Wildman–Crippen MR) is 146 cm³/mol. The molecule has 1 fully saturated rings. The van der Waals surface area contributed by atoms with Crippen LogP contribution in [-0.4, -0.2) is 73.6 Å². The summed E-state index contributed by atoms with van der Waals surface area (Å²) in [4.78, 5) is 33.1. The van der Waals surface area contributed by atoms with E-state index < -0.39 is 27.5 Å². The monoisotopic (exact) mass is 581 g/mol. The molecule has 0 saturated carbocycles. The Morgan fingerprint density at radius 1 is 1.18 bits per heavy atom. The molecule has 2 atom stereocenters. The molecule has 1 aromatic carbocycles. The number of ether oxygens (including phenoxy) is 2. The lowest BCUT2D eigenvalue weighted by Crippen LogP contribution is -2.44. The first-order valence-electron chi connectivity index (χ1n) is 11.3. The number of carbonyl (C=O) groups excluding carboxylic acids is 1. The molecule has 3 heterocycles. The van der Waals surface area contributed by atoms with E-state index in [1.165, 1.54) is 31.0 Å². The summed E-state index contributed by atoms with van der Waals surface area (Å²) in [6, 6.07) is 2.05. The van der Waals surface area contributed by atoms with Crippen LogP contribution in [0, 0.1) is 0 Å². The van der Waals surface area contributed by atoms with Crippen molar-refractivity contribution in [1.29, 1.82) is 0 Å². The summed E-state index contributed by atoms with van der Waals surface area (Å²) in [5.74, 6) is 0.450. The minimum atomic E-state index is -3.33. The molecule has 4 rings (SSSR count). The number of sulfone groups is 1. The predicted octanol–water partition coefficient (Wildman–Crippen LogP) is 2.24. The van der Waals surface area contributed by atoms with Crippen LogP contribution in [-0.2, 0) is 21.7 Å². The number of carbonyl (C=O) groups is 1. The fraction of sp³-hybridized carbons (Fsp3) is 0.333. The molecule has 0 amide bonds. The van der Waals surface area contributed by atoms with Crippen LogP contribution in [0.3, 0.4) is 0 Å². The van der Waals surface area contributed by atoms with Gasteiger partial charge in [0.1, 0.15) is 23.4 Å². The number of nitrogens with zero attached hydrogens (tertiary/aromatic N) is 3. The Morgan fingerprint density at radius 3 is 2.42 bits per heavy atom. The van der Waals surface area contributed by atoms with E-state index in [4.69, 9.17) is 32.7 Å². The standard InChI is InChI=1S/C24H25Cl2N5O6S/c1-12(9-32)7-27-15-10-38(34,35)11-16(15)29-24-28-8-13-5-14(23(33)31(2)22(13)30-24)19-20(25)17(36-3)6-18(37-4)21(19)26/h5-6,8-9,15-16,27H,1,7,10-11H2,2-4H3,(H,28,29,30). The van der Waals surface area contributed by atoms with Gasteiger partial charge in [0, 0.05) is 42.8 Å². The van der Waals surface area contributed by atoms with Gasteiger partial charge in [-0.15, -0.1) is 0 Å². The van der Waals surface area contributed by atoms with Gasteiger partial charge in [0.25, 0.3) is 5.56 Å². The number of anilines is 1. The van der Waals surface area contributed by atoms with Gasteiger partial charge < -0.3 is 20.1 Å². The molecule has 2 N–H and O–H groups in total. The Balaban J connectivity index is 1.73. The highest BCUT2D eigenvalue weighted by molar-refractivity contribution is 7.91. The van der Waals surface area contributed by atoms with E-state index in [9.17, 15) is 18.0 Å². The fourth-order valence-electron chi connectivity index (χ4n) is 4.28. The second-order valence-electron chi connectivity index (χ2n) is 8.77. The first-order chi connectivity index (χ1) is 18.0. The number of aryl methyl sites for hydroxylation is 1. The van der Waals surface area contributed by atoms with Crippen molar-refractivity contribution in [3.8, 4) is 22.6 Å². The van der Waals surface area contributed by atoms with Crippen LogP contribution in [0.2, 0.25) is 10.0 Å². The average Bonchev–Trinajstić information content (AvgIpc) is 3.18. The van der Waals surface area contributed by atoms with Gasteiger partial charge in [0.15, 0.2) is 9.84 Å². The number of rotatable bonds is 9. The number of pyridine rings is 1. The molecular formula is C24H25Cl2N5O6S. The van der Waals surface area contributed by atoms with Crippen molar-refractivity contribution in [2.75, 3.05) is 37.6 Å². The van der Waals surface area contributed by atoms with E-state index in [2.05, 4.69) is 27.2 Å². The lowest BCUT2D eigenvalue weighted by molar-refractivity contribution is -0.104. The number of fused-ring (bicyclic) bond motifs is 1. The highest BCUT2D eigenvalue weighted by Crippen LogP contribution is 2.45. The molecule has 3 aromatic rings. The Hall–Kier alpha value is -3.19. The van der Waals surface area contributed by atoms with E-state index in [1.807, 2.05) is 0 Å². The van der Waals surface area contributed by atoms with Crippen LogP contribution in [0.5, 0.6) is 11.5 Å². The molecule has 202 valence electrons. The Labute approximate surface area is 228 Å². The summed E-state index contributed by atoms with van der Waals surface area (Å²) in [6.45, 7) is 3.75. The topological polar surface area (TPSA) is 142 Å². The molecule has 1 saturated heterocycles. The minimum Gasteiger partial charge on any atom is -0.495 e. The van der Waals surface area contributed by atoms with Gasteiger partial charge in [-0.1, -0.05) is 29.8 Å². The van der Waals surface area contributed by atoms with Crippen LogP contribution in [0.1, 0.15) is 0 Å². The van der Waals surface area contributed by atoms with Gasteiger partial charge in [-0.25, -0.2) is 13.4 Å². The van der Waals surface area contributed by atoms with Crippen molar-refractivity contribution in [3.63, 3.8) is 0 Å². The third kappa shape index (κ3) is 5.35. The summed E-state index contributed by atoms with van der Waals surface area (Å²) in [7, 11) is 1.09. The third-order valence-electron chi connectivity index (χ3n) is 6.22. The maximum Gasteiger partial charge on any atom is 0.259 e. The number of hydrogen-bond acceptors (Lipinski definition) is 10. The summed E-state index contributed by atoms with van der Waals surface area (Å²) in [5, 5.41) is 6.89. The van der Waals surface area contributed by atoms with Gasteiger partial charge in [-0.3, -0.25) is 14.2 Å². The summed E-state index contributed by atoms with van der Waals surface area (Å²) in [6.07, 6.45) is 2.12. The van der Waals surface area contributed by atoms with Crippen LogP contribution in [0.4, 0.5) is 5.95 Å². The molecule has 1 aliphatic rings. The Morgan fingerprint density at radius 2 is 1.82 bits per heavy atom. The molecule has 11 nitrogen and oxygen atoms in total. The van der Waals surface area contributed by atoms with E-state index in [1.54, 1.807) is 13.1 Å². The van der Waals surface area contributed by atoms with E-state index in [0.717, 1.165) is 0 Å². The quantitative estimate of drug-likeness (QED) is 0.285. The van der Waals surface area contributed by atoms with E-state index in [-0.39, 0.29) is 56.7 Å². The lowest BCUT2D eigenvalue weighted by Gasteiger charge is -2.21.